The molecule has 0 fully saturated rings. The Morgan fingerprint density at radius 2 is 0.412 bits per heavy atom. The fourth-order valence-corrected chi connectivity index (χ4v) is 0.773. The van der Waals surface area contributed by atoms with E-state index in [9.17, 15) is 59.4 Å². The van der Waals surface area contributed by atoms with Crippen LogP contribution in [0, 0.1) is 0 Å². The first-order valence-corrected chi connectivity index (χ1v) is 6.73. The van der Waals surface area contributed by atoms with Gasteiger partial charge in [0.25, 0.3) is 0 Å². The van der Waals surface area contributed by atoms with Gasteiger partial charge in [-0.05, 0) is 0 Å². The number of aliphatic hydroxyl groups excluding tert-OH is 6. The predicted molar refractivity (Wildman–Crippen MR) is 71.8 cm³/mol. The molecule has 34 heavy (non-hydrogen) atoms. The third kappa shape index (κ3) is 25.9. The van der Waals surface area contributed by atoms with Crippen molar-refractivity contribution in [2.45, 2.75) is 36.6 Å². The van der Waals surface area contributed by atoms with Crippen LogP contribution in [0.4, 0.5) is 0 Å². The number of aliphatic hydroxyl groups is 6. The molecule has 6 N–H and O–H groups in total. The summed E-state index contributed by atoms with van der Waals surface area (Å²) in [5.74, 6) is -12.4. The van der Waals surface area contributed by atoms with Crippen molar-refractivity contribution in [3.05, 3.63) is 0 Å². The fraction of sp³-hybridized carbons (Fsp3) is 0.500. The van der Waals surface area contributed by atoms with Gasteiger partial charge in [0.15, 0.2) is 0 Å². The van der Waals surface area contributed by atoms with Crippen molar-refractivity contribution in [2.24, 2.45) is 0 Å². The maximum Gasteiger partial charge on any atom is 3.00 e. The van der Waals surface area contributed by atoms with Gasteiger partial charge >= 0.3 is 179 Å². The van der Waals surface area contributed by atoms with Gasteiger partial charge in [-0.3, -0.25) is 0 Å². The molecular weight excluding hydrogens is 671 g/mol. The molecule has 22 heteroatoms. The SMILES string of the molecule is O=C([O-])C(O)[C@@H](O)C(=O)[O-].O=C([O-])C(O)[C@@H](O)C(=O)[O-].O=C([O-])[C@H](O)[C@@H](O)C(=O)[O-].[K+].[K+].[K+].[Sb+3]. The smallest absolute Gasteiger partial charge is 0.547 e. The zero-order chi connectivity index (χ0) is 24.9. The predicted octanol–water partition coefficient (Wildman–Crippen LogP) is -23.7. The van der Waals surface area contributed by atoms with Crippen molar-refractivity contribution in [1.29, 1.82) is 0 Å². The molecule has 176 valence electrons. The molecule has 2 unspecified atom stereocenters. The van der Waals surface area contributed by atoms with E-state index in [-0.39, 0.29) is 179 Å². The maximum absolute atomic E-state index is 9.63. The summed E-state index contributed by atoms with van der Waals surface area (Å²) in [4.78, 5) is 57.8. The van der Waals surface area contributed by atoms with E-state index in [0.717, 1.165) is 0 Å². The molecule has 0 spiro atoms. The summed E-state index contributed by atoms with van der Waals surface area (Å²) in [6.45, 7) is 0. The summed E-state index contributed by atoms with van der Waals surface area (Å²) in [6, 6.07) is 0. The Morgan fingerprint density at radius 3 is 0.441 bits per heavy atom. The normalized spacial score (nSPS) is 13.9. The third-order valence-electron chi connectivity index (χ3n) is 2.35. The molecule has 0 amide bonds. The number of hydrogen-bond donors (Lipinski definition) is 6. The number of carboxylic acids is 6. The second-order valence-corrected chi connectivity index (χ2v) is 4.58. The van der Waals surface area contributed by atoms with Crippen LogP contribution in [0.5, 0.6) is 0 Å². The van der Waals surface area contributed by atoms with Gasteiger partial charge in [-0.1, -0.05) is 0 Å². The topological polar surface area (TPSA) is 362 Å². The first-order valence-electron chi connectivity index (χ1n) is 6.73. The van der Waals surface area contributed by atoms with Crippen molar-refractivity contribution >= 4 is 60.2 Å². The van der Waals surface area contributed by atoms with E-state index in [0.29, 0.717) is 0 Å². The van der Waals surface area contributed by atoms with E-state index in [2.05, 4.69) is 0 Å². The van der Waals surface area contributed by atoms with Gasteiger partial charge in [0.1, 0.15) is 36.6 Å². The van der Waals surface area contributed by atoms with Crippen LogP contribution < -0.4 is 185 Å². The number of carbonyl (C=O) groups excluding carboxylic acids is 6. The third-order valence-corrected chi connectivity index (χ3v) is 2.35. The Bertz CT molecular complexity index is 508. The van der Waals surface area contributed by atoms with Crippen molar-refractivity contribution in [2.75, 3.05) is 0 Å². The zero-order valence-electron chi connectivity index (χ0n) is 17.5. The van der Waals surface area contributed by atoms with Crippen LogP contribution in [-0.2, 0) is 28.8 Å². The van der Waals surface area contributed by atoms with E-state index in [4.69, 9.17) is 30.6 Å². The minimum absolute atomic E-state index is 0. The van der Waals surface area contributed by atoms with Crippen molar-refractivity contribution in [3.8, 4) is 0 Å². The molecule has 18 nitrogen and oxygen atoms in total. The average Bonchev–Trinajstić information content (AvgIpc) is 2.64. The molecular formula is C12H12K3O18Sb. The minimum atomic E-state index is -2.44. The molecule has 2 radical (unpaired) electrons. The van der Waals surface area contributed by atoms with Gasteiger partial charge in [0.2, 0.25) is 0 Å². The molecule has 6 atom stereocenters. The number of carbonyl (C=O) groups is 6. The van der Waals surface area contributed by atoms with E-state index < -0.39 is 72.4 Å². The quantitative estimate of drug-likeness (QED) is 0.123. The van der Waals surface area contributed by atoms with Crippen molar-refractivity contribution in [3.63, 3.8) is 0 Å². The number of hydrogen-bond acceptors (Lipinski definition) is 18. The van der Waals surface area contributed by atoms with Gasteiger partial charge in [0, 0.05) is 0 Å². The number of carboxylic acid groups (broad SMARTS) is 6. The summed E-state index contributed by atoms with van der Waals surface area (Å²) < 4.78 is 0. The van der Waals surface area contributed by atoms with E-state index in [1.54, 1.807) is 0 Å². The Balaban J connectivity index is -0.0000000607. The van der Waals surface area contributed by atoms with Gasteiger partial charge in [-0.15, -0.1) is 0 Å². The molecule has 0 heterocycles. The van der Waals surface area contributed by atoms with Gasteiger partial charge in [-0.2, -0.15) is 0 Å². The summed E-state index contributed by atoms with van der Waals surface area (Å²) >= 11 is 0. The molecule has 0 aliphatic rings. The molecule has 0 saturated carbocycles. The maximum atomic E-state index is 9.63. The minimum Gasteiger partial charge on any atom is -0.547 e. The largest absolute Gasteiger partial charge is 3.00 e. The zero-order valence-corrected chi connectivity index (χ0v) is 29.4. The average molecular weight is 683 g/mol. The second-order valence-electron chi connectivity index (χ2n) is 4.58. The first kappa shape index (κ1) is 52.7. The molecule has 0 aromatic rings. The van der Waals surface area contributed by atoms with Crippen LogP contribution in [0.3, 0.4) is 0 Å². The van der Waals surface area contributed by atoms with Crippen molar-refractivity contribution < 1.29 is 244 Å². The molecule has 0 rings (SSSR count). The van der Waals surface area contributed by atoms with Crippen LogP contribution >= 0.6 is 0 Å². The summed E-state index contributed by atoms with van der Waals surface area (Å²) in [7, 11) is 0. The molecule has 0 aromatic carbocycles. The van der Waals surface area contributed by atoms with Crippen LogP contribution in [-0.4, -0.2) is 128 Å². The standard InChI is InChI=1S/3C4H6O6.3K.Sb/c3*5-1(3(7)8)2(6)4(9)10;;;;/h3*1-2,5-6H,(H,7,8)(H,9,10);;;;/q;;;3*+1;+3/p-6/t2*1-,2?;1-,2-;;;;/m111..../s1. The number of rotatable bonds is 9. The van der Waals surface area contributed by atoms with Gasteiger partial charge < -0.3 is 90.0 Å². The molecule has 0 aromatic heterocycles. The molecule has 0 aliphatic carbocycles. The van der Waals surface area contributed by atoms with E-state index in [1.165, 1.54) is 0 Å². The Kier molecular flexibility index (Phi) is 43.9. The second kappa shape index (κ2) is 28.3. The summed E-state index contributed by atoms with van der Waals surface area (Å²) in [6.07, 6.45) is -14.6. The van der Waals surface area contributed by atoms with E-state index in [1.807, 2.05) is 0 Å². The van der Waals surface area contributed by atoms with Crippen LogP contribution in [0.2, 0.25) is 0 Å². The van der Waals surface area contributed by atoms with Gasteiger partial charge in [0.05, 0.1) is 35.8 Å². The Labute approximate surface area is 334 Å². The van der Waals surface area contributed by atoms with Crippen LogP contribution in [0.15, 0.2) is 0 Å². The summed E-state index contributed by atoms with van der Waals surface area (Å²) in [5, 5.41) is 107. The van der Waals surface area contributed by atoms with Crippen molar-refractivity contribution in [1.82, 2.24) is 0 Å². The number of aliphatic carboxylic acids is 6. The monoisotopic (exact) mass is 682 g/mol. The molecule has 0 aliphatic heterocycles. The fourth-order valence-electron chi connectivity index (χ4n) is 0.773. The Hall–Kier alpha value is 2.31. The summed E-state index contributed by atoms with van der Waals surface area (Å²) in [5.41, 5.74) is 0. The van der Waals surface area contributed by atoms with E-state index >= 15 is 0 Å². The van der Waals surface area contributed by atoms with Crippen LogP contribution in [0.1, 0.15) is 0 Å². The molecule has 0 saturated heterocycles. The van der Waals surface area contributed by atoms with Gasteiger partial charge in [-0.25, -0.2) is 0 Å². The van der Waals surface area contributed by atoms with Crippen LogP contribution in [0.25, 0.3) is 0 Å². The Morgan fingerprint density at radius 1 is 0.353 bits per heavy atom. The molecule has 0 bridgehead atoms. The first-order chi connectivity index (χ1) is 13.4.